The van der Waals surface area contributed by atoms with Crippen molar-refractivity contribution in [2.75, 3.05) is 18.5 Å². The average Bonchev–Trinajstić information content (AvgIpc) is 2.29. The third-order valence-electron chi connectivity index (χ3n) is 2.97. The maximum atomic E-state index is 5.60. The van der Waals surface area contributed by atoms with Crippen LogP contribution in [-0.4, -0.2) is 18.5 Å². The van der Waals surface area contributed by atoms with E-state index >= 15 is 0 Å². The summed E-state index contributed by atoms with van der Waals surface area (Å²) in [4.78, 5) is 0. The van der Waals surface area contributed by atoms with Gasteiger partial charge >= 0.3 is 0 Å². The number of halogens is 1. The highest BCUT2D eigenvalue weighted by Gasteiger charge is 2.18. The monoisotopic (exact) mass is 284 g/mol. The van der Waals surface area contributed by atoms with Crippen LogP contribution in [0.2, 0.25) is 0 Å². The fourth-order valence-electron chi connectivity index (χ4n) is 1.94. The summed E-state index contributed by atoms with van der Waals surface area (Å²) in [5.74, 6) is 2.89. The van der Waals surface area contributed by atoms with Crippen molar-refractivity contribution in [3.63, 3.8) is 0 Å². The minimum absolute atomic E-state index is 0.524. The highest BCUT2D eigenvalue weighted by atomic mass is 79.9. The van der Waals surface area contributed by atoms with Crippen LogP contribution in [0.15, 0.2) is 18.2 Å². The van der Waals surface area contributed by atoms with Gasteiger partial charge in [-0.2, -0.15) is 0 Å². The molecule has 0 saturated heterocycles. The highest BCUT2D eigenvalue weighted by Crippen LogP contribution is 2.35. The van der Waals surface area contributed by atoms with Gasteiger partial charge in [0.25, 0.3) is 0 Å². The lowest BCUT2D eigenvalue weighted by Gasteiger charge is -2.23. The summed E-state index contributed by atoms with van der Waals surface area (Å²) in [6.07, 6.45) is 0. The van der Waals surface area contributed by atoms with Crippen molar-refractivity contribution in [1.82, 2.24) is 0 Å². The summed E-state index contributed by atoms with van der Waals surface area (Å²) >= 11 is 3.58. The van der Waals surface area contributed by atoms with Crippen molar-refractivity contribution in [2.24, 2.45) is 5.92 Å². The number of hydrogen-bond acceptors (Lipinski definition) is 2. The van der Waals surface area contributed by atoms with E-state index in [2.05, 4.69) is 41.9 Å². The van der Waals surface area contributed by atoms with E-state index in [1.807, 2.05) is 6.07 Å². The molecule has 0 bridgehead atoms. The van der Waals surface area contributed by atoms with Gasteiger partial charge in [0.15, 0.2) is 11.5 Å². The van der Waals surface area contributed by atoms with Crippen molar-refractivity contribution in [2.45, 2.75) is 19.8 Å². The third-order valence-corrected chi connectivity index (χ3v) is 3.66. The van der Waals surface area contributed by atoms with Crippen LogP contribution in [0, 0.1) is 5.92 Å². The maximum absolute atomic E-state index is 5.60. The van der Waals surface area contributed by atoms with Crippen molar-refractivity contribution in [3.8, 4) is 11.5 Å². The fraction of sp³-hybridized carbons (Fsp3) is 0.538. The first-order valence-electron chi connectivity index (χ1n) is 5.68. The van der Waals surface area contributed by atoms with Gasteiger partial charge in [0.05, 0.1) is 0 Å². The van der Waals surface area contributed by atoms with Gasteiger partial charge in [-0.15, -0.1) is 0 Å². The Labute approximate surface area is 105 Å². The molecule has 0 aromatic heterocycles. The molecule has 1 unspecified atom stereocenters. The molecule has 0 N–H and O–H groups in total. The Morgan fingerprint density at radius 1 is 1.19 bits per heavy atom. The molecule has 0 saturated carbocycles. The number of ether oxygens (including phenoxy) is 2. The number of alkyl halides is 1. The van der Waals surface area contributed by atoms with Gasteiger partial charge in [0, 0.05) is 5.33 Å². The SMILES string of the molecule is CC(C)C(CBr)c1ccc2c(c1)OCCO2. The summed E-state index contributed by atoms with van der Waals surface area (Å²) < 4.78 is 11.1. The molecule has 2 rings (SSSR count). The summed E-state index contributed by atoms with van der Waals surface area (Å²) in [6, 6.07) is 6.27. The summed E-state index contributed by atoms with van der Waals surface area (Å²) in [5.41, 5.74) is 1.32. The molecule has 1 heterocycles. The van der Waals surface area contributed by atoms with E-state index in [0.29, 0.717) is 25.0 Å². The standard InChI is InChI=1S/C13H17BrO2/c1-9(2)11(8-14)10-3-4-12-13(7-10)16-6-5-15-12/h3-4,7,9,11H,5-6,8H2,1-2H3. The largest absolute Gasteiger partial charge is 0.486 e. The van der Waals surface area contributed by atoms with Crippen LogP contribution in [0.5, 0.6) is 11.5 Å². The first kappa shape index (κ1) is 11.8. The molecule has 0 radical (unpaired) electrons. The second kappa shape index (κ2) is 5.09. The molecule has 1 aliphatic heterocycles. The molecule has 0 spiro atoms. The predicted molar refractivity (Wildman–Crippen MR) is 68.8 cm³/mol. The van der Waals surface area contributed by atoms with Crippen molar-refractivity contribution < 1.29 is 9.47 Å². The lowest BCUT2D eigenvalue weighted by atomic mass is 9.90. The Morgan fingerprint density at radius 2 is 1.88 bits per heavy atom. The molecule has 16 heavy (non-hydrogen) atoms. The molecule has 3 heteroatoms. The van der Waals surface area contributed by atoms with E-state index < -0.39 is 0 Å². The number of fused-ring (bicyclic) bond motifs is 1. The highest BCUT2D eigenvalue weighted by molar-refractivity contribution is 9.09. The molecule has 1 aliphatic rings. The van der Waals surface area contributed by atoms with Gasteiger partial charge < -0.3 is 9.47 Å². The zero-order chi connectivity index (χ0) is 11.5. The number of hydrogen-bond donors (Lipinski definition) is 0. The Kier molecular flexibility index (Phi) is 3.74. The van der Waals surface area contributed by atoms with E-state index in [1.165, 1.54) is 5.56 Å². The fourth-order valence-corrected chi connectivity index (χ4v) is 3.06. The van der Waals surface area contributed by atoms with Crippen LogP contribution >= 0.6 is 15.9 Å². The van der Waals surface area contributed by atoms with Crippen LogP contribution in [0.4, 0.5) is 0 Å². The number of benzene rings is 1. The van der Waals surface area contributed by atoms with Gasteiger partial charge in [-0.3, -0.25) is 0 Å². The normalized spacial score (nSPS) is 16.2. The van der Waals surface area contributed by atoms with E-state index in [0.717, 1.165) is 16.8 Å². The Bertz CT molecular complexity index is 363. The molecule has 0 fully saturated rings. The Hall–Kier alpha value is -0.700. The lowest BCUT2D eigenvalue weighted by Crippen LogP contribution is -2.16. The smallest absolute Gasteiger partial charge is 0.161 e. The van der Waals surface area contributed by atoms with E-state index in [1.54, 1.807) is 0 Å². The molecule has 1 aromatic carbocycles. The molecule has 1 atom stereocenters. The van der Waals surface area contributed by atoms with E-state index in [9.17, 15) is 0 Å². The van der Waals surface area contributed by atoms with Gasteiger partial charge in [0.2, 0.25) is 0 Å². The first-order valence-corrected chi connectivity index (χ1v) is 6.80. The lowest BCUT2D eigenvalue weighted by molar-refractivity contribution is 0.171. The molecule has 0 amide bonds. The van der Waals surface area contributed by atoms with E-state index in [-0.39, 0.29) is 0 Å². The zero-order valence-corrected chi connectivity index (χ0v) is 11.3. The van der Waals surface area contributed by atoms with E-state index in [4.69, 9.17) is 9.47 Å². The first-order chi connectivity index (χ1) is 7.72. The molecule has 2 nitrogen and oxygen atoms in total. The van der Waals surface area contributed by atoms with Crippen LogP contribution in [-0.2, 0) is 0 Å². The predicted octanol–water partition coefficient (Wildman–Crippen LogP) is 3.59. The molecular formula is C13H17BrO2. The quantitative estimate of drug-likeness (QED) is 0.790. The zero-order valence-electron chi connectivity index (χ0n) is 9.70. The van der Waals surface area contributed by atoms with Gasteiger partial charge in [-0.1, -0.05) is 35.8 Å². The maximum Gasteiger partial charge on any atom is 0.161 e. The topological polar surface area (TPSA) is 18.5 Å². The van der Waals surface area contributed by atoms with Gasteiger partial charge in [-0.25, -0.2) is 0 Å². The minimum atomic E-state index is 0.524. The summed E-state index contributed by atoms with van der Waals surface area (Å²) in [7, 11) is 0. The van der Waals surface area contributed by atoms with Crippen LogP contribution < -0.4 is 9.47 Å². The summed E-state index contributed by atoms with van der Waals surface area (Å²) in [6.45, 7) is 5.78. The Balaban J connectivity index is 2.28. The Morgan fingerprint density at radius 3 is 2.50 bits per heavy atom. The van der Waals surface area contributed by atoms with Crippen LogP contribution in [0.3, 0.4) is 0 Å². The molecule has 88 valence electrons. The van der Waals surface area contributed by atoms with Crippen LogP contribution in [0.1, 0.15) is 25.3 Å². The number of rotatable bonds is 3. The molecule has 1 aromatic rings. The van der Waals surface area contributed by atoms with Gasteiger partial charge in [-0.05, 0) is 29.5 Å². The third kappa shape index (κ3) is 2.34. The van der Waals surface area contributed by atoms with Crippen molar-refractivity contribution in [1.29, 1.82) is 0 Å². The molecule has 0 aliphatic carbocycles. The summed E-state index contributed by atoms with van der Waals surface area (Å²) in [5, 5.41) is 0.976. The second-order valence-electron chi connectivity index (χ2n) is 4.41. The molecular weight excluding hydrogens is 268 g/mol. The second-order valence-corrected chi connectivity index (χ2v) is 5.06. The van der Waals surface area contributed by atoms with Gasteiger partial charge in [0.1, 0.15) is 13.2 Å². The van der Waals surface area contributed by atoms with Crippen molar-refractivity contribution in [3.05, 3.63) is 23.8 Å². The van der Waals surface area contributed by atoms with Crippen LogP contribution in [0.25, 0.3) is 0 Å². The average molecular weight is 285 g/mol. The minimum Gasteiger partial charge on any atom is -0.486 e. The van der Waals surface area contributed by atoms with Crippen molar-refractivity contribution >= 4 is 15.9 Å².